The molecule has 0 spiro atoms. The number of carbonyl (C=O) groups is 1. The van der Waals surface area contributed by atoms with Gasteiger partial charge in [-0.3, -0.25) is 0 Å². The number of phenolic OH excluding ortho intramolecular Hbond substituents is 1. The summed E-state index contributed by atoms with van der Waals surface area (Å²) < 4.78 is 5.21. The zero-order valence-electron chi connectivity index (χ0n) is 8.93. The van der Waals surface area contributed by atoms with Gasteiger partial charge in [0.2, 0.25) is 0 Å². The van der Waals surface area contributed by atoms with E-state index in [0.717, 1.165) is 6.42 Å². The monoisotopic (exact) mass is 226 g/mol. The van der Waals surface area contributed by atoms with Gasteiger partial charge in [0.1, 0.15) is 5.56 Å². The van der Waals surface area contributed by atoms with Crippen LogP contribution in [0.15, 0.2) is 12.1 Å². The number of hydrogen-bond donors (Lipinski definition) is 3. The Morgan fingerprint density at radius 3 is 2.62 bits per heavy atom. The molecule has 1 aromatic carbocycles. The van der Waals surface area contributed by atoms with Gasteiger partial charge < -0.3 is 20.1 Å². The first-order valence-electron chi connectivity index (χ1n) is 4.92. The van der Waals surface area contributed by atoms with E-state index < -0.39 is 17.5 Å². The normalized spacial score (nSPS) is 10.3. The minimum atomic E-state index is -1.29. The third kappa shape index (κ3) is 2.87. The van der Waals surface area contributed by atoms with Crippen molar-refractivity contribution in [2.45, 2.75) is 20.0 Å². The standard InChI is InChI=1S/C11H14O5/c1-2-3-16-6-7-4-8(11(14)15)10(13)9(12)5-7/h4-5,12-13H,2-3,6H2,1H3,(H,14,15). The van der Waals surface area contributed by atoms with E-state index in [1.54, 1.807) is 0 Å². The molecule has 0 amide bonds. The number of hydrogen-bond acceptors (Lipinski definition) is 4. The van der Waals surface area contributed by atoms with Crippen LogP contribution in [0.3, 0.4) is 0 Å². The molecule has 1 rings (SSSR count). The van der Waals surface area contributed by atoms with Crippen LogP contribution < -0.4 is 0 Å². The number of carboxylic acids is 1. The number of benzene rings is 1. The fourth-order valence-corrected chi connectivity index (χ4v) is 1.26. The van der Waals surface area contributed by atoms with Crippen molar-refractivity contribution in [2.24, 2.45) is 0 Å². The van der Waals surface area contributed by atoms with Crippen LogP contribution in [0.25, 0.3) is 0 Å². The van der Waals surface area contributed by atoms with E-state index in [2.05, 4.69) is 0 Å². The molecule has 0 unspecified atom stereocenters. The number of ether oxygens (including phenoxy) is 1. The van der Waals surface area contributed by atoms with Crippen molar-refractivity contribution in [3.05, 3.63) is 23.3 Å². The lowest BCUT2D eigenvalue weighted by atomic mass is 10.1. The van der Waals surface area contributed by atoms with E-state index in [1.165, 1.54) is 12.1 Å². The Morgan fingerprint density at radius 2 is 2.06 bits per heavy atom. The van der Waals surface area contributed by atoms with Crippen molar-refractivity contribution < 1.29 is 24.9 Å². The predicted molar refractivity (Wildman–Crippen MR) is 56.7 cm³/mol. The van der Waals surface area contributed by atoms with Crippen LogP contribution in [-0.2, 0) is 11.3 Å². The fraction of sp³-hybridized carbons (Fsp3) is 0.364. The molecular weight excluding hydrogens is 212 g/mol. The molecule has 0 aromatic heterocycles. The van der Waals surface area contributed by atoms with Crippen LogP contribution >= 0.6 is 0 Å². The smallest absolute Gasteiger partial charge is 0.339 e. The molecule has 5 heteroatoms. The molecule has 0 heterocycles. The van der Waals surface area contributed by atoms with E-state index in [0.29, 0.717) is 12.2 Å². The van der Waals surface area contributed by atoms with Crippen LogP contribution in [0.4, 0.5) is 0 Å². The second-order valence-electron chi connectivity index (χ2n) is 3.37. The molecule has 0 bridgehead atoms. The summed E-state index contributed by atoms with van der Waals surface area (Å²) in [6.45, 7) is 2.73. The maximum Gasteiger partial charge on any atom is 0.339 e. The minimum absolute atomic E-state index is 0.210. The summed E-state index contributed by atoms with van der Waals surface area (Å²) in [5.74, 6) is -2.35. The van der Waals surface area contributed by atoms with Gasteiger partial charge in [0, 0.05) is 6.61 Å². The lowest BCUT2D eigenvalue weighted by Crippen LogP contribution is -2.00. The SMILES string of the molecule is CCCOCc1cc(O)c(O)c(C(=O)O)c1. The Hall–Kier alpha value is -1.75. The topological polar surface area (TPSA) is 87.0 Å². The highest BCUT2D eigenvalue weighted by Crippen LogP contribution is 2.30. The molecule has 0 fully saturated rings. The highest BCUT2D eigenvalue weighted by molar-refractivity contribution is 5.92. The molecule has 3 N–H and O–H groups in total. The molecule has 0 saturated heterocycles. The predicted octanol–water partition coefficient (Wildman–Crippen LogP) is 1.72. The average Bonchev–Trinajstić information content (AvgIpc) is 2.23. The first kappa shape index (κ1) is 12.3. The van der Waals surface area contributed by atoms with Crippen molar-refractivity contribution in [3.8, 4) is 11.5 Å². The van der Waals surface area contributed by atoms with E-state index >= 15 is 0 Å². The molecule has 0 saturated carbocycles. The molecule has 0 atom stereocenters. The summed E-state index contributed by atoms with van der Waals surface area (Å²) in [6.07, 6.45) is 0.857. The maximum absolute atomic E-state index is 10.7. The number of rotatable bonds is 5. The van der Waals surface area contributed by atoms with Gasteiger partial charge in [-0.1, -0.05) is 6.92 Å². The van der Waals surface area contributed by atoms with E-state index in [9.17, 15) is 15.0 Å². The molecule has 0 aliphatic rings. The largest absolute Gasteiger partial charge is 0.504 e. The van der Waals surface area contributed by atoms with Gasteiger partial charge in [-0.25, -0.2) is 4.79 Å². The van der Waals surface area contributed by atoms with Crippen LogP contribution in [0, 0.1) is 0 Å². The molecular formula is C11H14O5. The van der Waals surface area contributed by atoms with Gasteiger partial charge in [-0.2, -0.15) is 0 Å². The summed E-state index contributed by atoms with van der Waals surface area (Å²) in [7, 11) is 0. The quantitative estimate of drug-likeness (QED) is 0.525. The maximum atomic E-state index is 10.7. The summed E-state index contributed by atoms with van der Waals surface area (Å²) in [5, 5.41) is 27.4. The van der Waals surface area contributed by atoms with E-state index in [1.807, 2.05) is 6.92 Å². The second-order valence-corrected chi connectivity index (χ2v) is 3.37. The first-order valence-corrected chi connectivity index (χ1v) is 4.92. The van der Waals surface area contributed by atoms with Gasteiger partial charge >= 0.3 is 5.97 Å². The Kier molecular flexibility index (Phi) is 4.13. The summed E-state index contributed by atoms with van der Waals surface area (Å²) in [6, 6.07) is 2.57. The molecule has 16 heavy (non-hydrogen) atoms. The van der Waals surface area contributed by atoms with E-state index in [4.69, 9.17) is 9.84 Å². The first-order chi connectivity index (χ1) is 7.56. The number of aromatic hydroxyl groups is 2. The highest BCUT2D eigenvalue weighted by Gasteiger charge is 2.14. The molecule has 0 aliphatic heterocycles. The van der Waals surface area contributed by atoms with Gasteiger partial charge in [0.15, 0.2) is 11.5 Å². The molecule has 5 nitrogen and oxygen atoms in total. The Balaban J connectivity index is 2.91. The van der Waals surface area contributed by atoms with Crippen LogP contribution in [-0.4, -0.2) is 27.9 Å². The summed E-state index contributed by atoms with van der Waals surface area (Å²) in [4.78, 5) is 10.7. The van der Waals surface area contributed by atoms with Gasteiger partial charge in [-0.15, -0.1) is 0 Å². The van der Waals surface area contributed by atoms with Gasteiger partial charge in [0.05, 0.1) is 6.61 Å². The number of carboxylic acid groups (broad SMARTS) is 1. The second kappa shape index (κ2) is 5.37. The van der Waals surface area contributed by atoms with Crippen molar-refractivity contribution in [1.29, 1.82) is 0 Å². The number of phenols is 2. The third-order valence-electron chi connectivity index (χ3n) is 2.00. The Bertz CT molecular complexity index is 386. The minimum Gasteiger partial charge on any atom is -0.504 e. The van der Waals surface area contributed by atoms with E-state index in [-0.39, 0.29) is 12.2 Å². The van der Waals surface area contributed by atoms with Crippen molar-refractivity contribution in [2.75, 3.05) is 6.61 Å². The van der Waals surface area contributed by atoms with Gasteiger partial charge in [-0.05, 0) is 24.1 Å². The van der Waals surface area contributed by atoms with Crippen LogP contribution in [0.1, 0.15) is 29.3 Å². The fourth-order valence-electron chi connectivity index (χ4n) is 1.26. The summed E-state index contributed by atoms with van der Waals surface area (Å²) >= 11 is 0. The third-order valence-corrected chi connectivity index (χ3v) is 2.00. The Labute approximate surface area is 92.9 Å². The molecule has 88 valence electrons. The summed E-state index contributed by atoms with van der Waals surface area (Å²) in [5.41, 5.74) is 0.191. The average molecular weight is 226 g/mol. The molecule has 1 aromatic rings. The molecule has 0 aliphatic carbocycles. The van der Waals surface area contributed by atoms with Crippen molar-refractivity contribution in [3.63, 3.8) is 0 Å². The highest BCUT2D eigenvalue weighted by atomic mass is 16.5. The lowest BCUT2D eigenvalue weighted by Gasteiger charge is -2.07. The van der Waals surface area contributed by atoms with Gasteiger partial charge in [0.25, 0.3) is 0 Å². The zero-order chi connectivity index (χ0) is 12.1. The molecule has 0 radical (unpaired) electrons. The van der Waals surface area contributed by atoms with Crippen molar-refractivity contribution >= 4 is 5.97 Å². The lowest BCUT2D eigenvalue weighted by molar-refractivity contribution is 0.0692. The van der Waals surface area contributed by atoms with Crippen LogP contribution in [0.2, 0.25) is 0 Å². The van der Waals surface area contributed by atoms with Crippen molar-refractivity contribution in [1.82, 2.24) is 0 Å². The Morgan fingerprint density at radius 1 is 1.38 bits per heavy atom. The zero-order valence-corrected chi connectivity index (χ0v) is 8.93. The number of aromatic carboxylic acids is 1. The van der Waals surface area contributed by atoms with Crippen LogP contribution in [0.5, 0.6) is 11.5 Å².